The zero-order chi connectivity index (χ0) is 29.6. The van der Waals surface area contributed by atoms with Crippen molar-refractivity contribution in [2.24, 2.45) is 14.1 Å². The minimum Gasteiger partial charge on any atom is -0.497 e. The van der Waals surface area contributed by atoms with Crippen LogP contribution in [0.4, 0.5) is 5.69 Å². The molecule has 0 fully saturated rings. The molecule has 0 aliphatic heterocycles. The van der Waals surface area contributed by atoms with E-state index in [1.54, 1.807) is 63.7 Å². The van der Waals surface area contributed by atoms with Gasteiger partial charge < -0.3 is 23.7 Å². The van der Waals surface area contributed by atoms with Crippen molar-refractivity contribution >= 4 is 26.7 Å². The van der Waals surface area contributed by atoms with E-state index in [-0.39, 0.29) is 22.0 Å². The quantitative estimate of drug-likeness (QED) is 0.212. The van der Waals surface area contributed by atoms with Crippen LogP contribution in [0.2, 0.25) is 0 Å². The molecule has 3 aromatic carbocycles. The number of aromatic nitrogens is 2. The summed E-state index contributed by atoms with van der Waals surface area (Å²) < 4.78 is 60.5. The van der Waals surface area contributed by atoms with Crippen LogP contribution in [0.1, 0.15) is 19.8 Å². The van der Waals surface area contributed by atoms with E-state index in [0.29, 0.717) is 60.3 Å². The van der Waals surface area contributed by atoms with Gasteiger partial charge in [0.25, 0.3) is 10.0 Å². The van der Waals surface area contributed by atoms with E-state index in [4.69, 9.17) is 23.7 Å². The molecule has 12 heteroatoms. The highest BCUT2D eigenvalue weighted by Gasteiger charge is 2.21. The number of aryl methyl sites for hydroxylation is 2. The number of imidazole rings is 1. The van der Waals surface area contributed by atoms with Crippen molar-refractivity contribution in [3.8, 4) is 28.7 Å². The van der Waals surface area contributed by atoms with E-state index in [0.717, 1.165) is 6.42 Å². The molecule has 220 valence electrons. The van der Waals surface area contributed by atoms with Crippen LogP contribution in [-0.2, 0) is 28.9 Å². The van der Waals surface area contributed by atoms with Crippen molar-refractivity contribution in [2.75, 3.05) is 38.8 Å². The van der Waals surface area contributed by atoms with Crippen molar-refractivity contribution in [3.63, 3.8) is 0 Å². The predicted molar refractivity (Wildman–Crippen MR) is 156 cm³/mol. The van der Waals surface area contributed by atoms with E-state index < -0.39 is 10.0 Å². The summed E-state index contributed by atoms with van der Waals surface area (Å²) in [5.74, 6) is 2.15. The summed E-state index contributed by atoms with van der Waals surface area (Å²) in [5.41, 5.74) is 0.980. The second-order valence-electron chi connectivity index (χ2n) is 9.30. The smallest absolute Gasteiger partial charge is 0.328 e. The van der Waals surface area contributed by atoms with E-state index in [1.807, 2.05) is 6.92 Å². The first kappa shape index (κ1) is 29.8. The van der Waals surface area contributed by atoms with E-state index in [1.165, 1.54) is 28.4 Å². The number of hydrogen-bond donors (Lipinski definition) is 1. The van der Waals surface area contributed by atoms with Crippen molar-refractivity contribution in [2.45, 2.75) is 24.7 Å². The number of nitrogens with zero attached hydrogens (tertiary/aromatic N) is 2. The number of benzene rings is 3. The summed E-state index contributed by atoms with van der Waals surface area (Å²) in [4.78, 5) is 12.7. The monoisotopic (exact) mass is 585 g/mol. The highest BCUT2D eigenvalue weighted by Crippen LogP contribution is 2.38. The van der Waals surface area contributed by atoms with Gasteiger partial charge in [0.05, 0.1) is 41.9 Å². The molecule has 0 unspecified atom stereocenters. The fourth-order valence-electron chi connectivity index (χ4n) is 4.16. The van der Waals surface area contributed by atoms with Gasteiger partial charge in [-0.2, -0.15) is 0 Å². The Balaban J connectivity index is 1.76. The van der Waals surface area contributed by atoms with Gasteiger partial charge in [-0.3, -0.25) is 13.9 Å². The maximum Gasteiger partial charge on any atom is 0.328 e. The molecule has 0 aliphatic rings. The van der Waals surface area contributed by atoms with Crippen molar-refractivity contribution in [1.29, 1.82) is 0 Å². The second-order valence-corrected chi connectivity index (χ2v) is 11.0. The molecule has 4 rings (SSSR count). The average Bonchev–Trinajstić information content (AvgIpc) is 3.17. The Kier molecular flexibility index (Phi) is 9.46. The molecule has 0 aliphatic carbocycles. The molecule has 0 radical (unpaired) electrons. The first-order chi connectivity index (χ1) is 19.7. The molecule has 41 heavy (non-hydrogen) atoms. The average molecular weight is 586 g/mol. The SMILES string of the molecule is CCCOc1cc(OCCCOC)cc(Oc2cc3c(cc2NS(=O)(=O)c2ccc(OC)cc2)n(C)c(=O)n3C)c1. The lowest BCUT2D eigenvalue weighted by atomic mass is 10.2. The van der Waals surface area contributed by atoms with Crippen LogP contribution < -0.4 is 29.4 Å². The lowest BCUT2D eigenvalue weighted by molar-refractivity contribution is 0.172. The van der Waals surface area contributed by atoms with Gasteiger partial charge in [-0.15, -0.1) is 0 Å². The summed E-state index contributed by atoms with van der Waals surface area (Å²) in [5, 5.41) is 0. The summed E-state index contributed by atoms with van der Waals surface area (Å²) in [6.45, 7) is 3.49. The lowest BCUT2D eigenvalue weighted by Gasteiger charge is -2.16. The van der Waals surface area contributed by atoms with Gasteiger partial charge in [0, 0.05) is 58.5 Å². The topological polar surface area (TPSA) is 119 Å². The number of fused-ring (bicyclic) bond motifs is 1. The Hall–Kier alpha value is -4.16. The maximum atomic E-state index is 13.4. The second kappa shape index (κ2) is 13.0. The van der Waals surface area contributed by atoms with Crippen LogP contribution >= 0.6 is 0 Å². The van der Waals surface area contributed by atoms with E-state index in [9.17, 15) is 13.2 Å². The first-order valence-electron chi connectivity index (χ1n) is 13.1. The molecule has 1 N–H and O–H groups in total. The molecule has 11 nitrogen and oxygen atoms in total. The molecule has 0 amide bonds. The third-order valence-electron chi connectivity index (χ3n) is 6.30. The van der Waals surface area contributed by atoms with Crippen molar-refractivity contribution < 1.29 is 32.1 Å². The minimum absolute atomic E-state index is 0.0352. The van der Waals surface area contributed by atoms with Gasteiger partial charge in [-0.05, 0) is 36.8 Å². The van der Waals surface area contributed by atoms with Crippen LogP contribution in [0.25, 0.3) is 11.0 Å². The first-order valence-corrected chi connectivity index (χ1v) is 14.6. The van der Waals surface area contributed by atoms with Crippen LogP contribution in [0.15, 0.2) is 64.3 Å². The number of methoxy groups -OCH3 is 2. The van der Waals surface area contributed by atoms with Crippen molar-refractivity contribution in [1.82, 2.24) is 9.13 Å². The van der Waals surface area contributed by atoms with Gasteiger partial charge in [0.2, 0.25) is 0 Å². The fourth-order valence-corrected chi connectivity index (χ4v) is 5.22. The summed E-state index contributed by atoms with van der Waals surface area (Å²) in [6.07, 6.45) is 1.51. The molecule has 0 saturated carbocycles. The Morgan fingerprint density at radius 3 is 2.00 bits per heavy atom. The van der Waals surface area contributed by atoms with Crippen LogP contribution in [0, 0.1) is 0 Å². The number of hydrogen-bond acceptors (Lipinski definition) is 8. The van der Waals surface area contributed by atoms with Gasteiger partial charge in [0.1, 0.15) is 23.0 Å². The zero-order valence-electron chi connectivity index (χ0n) is 23.8. The fraction of sp³-hybridized carbons (Fsp3) is 0.345. The molecule has 0 atom stereocenters. The predicted octanol–water partition coefficient (Wildman–Crippen LogP) is 4.68. The molecule has 0 saturated heterocycles. The molecular formula is C29H35N3O8S. The summed E-state index contributed by atoms with van der Waals surface area (Å²) in [7, 11) is 2.37. The molecule has 0 bridgehead atoms. The standard InChI is InChI=1S/C29H35N3O8S/c1-6-12-38-21-15-22(39-14-7-13-36-4)17-23(16-21)40-28-19-27-26(31(2)29(33)32(27)3)18-25(28)30-41(34,35)24-10-8-20(37-5)9-11-24/h8-11,15-19,30H,6-7,12-14H2,1-5H3. The largest absolute Gasteiger partial charge is 0.497 e. The van der Waals surface area contributed by atoms with Crippen LogP contribution in [0.5, 0.6) is 28.7 Å². The van der Waals surface area contributed by atoms with Gasteiger partial charge in [-0.25, -0.2) is 13.2 Å². The normalized spacial score (nSPS) is 11.4. The number of nitrogens with one attached hydrogen (secondary N) is 1. The number of rotatable bonds is 14. The van der Waals surface area contributed by atoms with Crippen LogP contribution in [-0.4, -0.2) is 51.6 Å². The minimum atomic E-state index is -4.02. The maximum absolute atomic E-state index is 13.4. The van der Waals surface area contributed by atoms with E-state index >= 15 is 0 Å². The van der Waals surface area contributed by atoms with E-state index in [2.05, 4.69) is 4.72 Å². The zero-order valence-corrected chi connectivity index (χ0v) is 24.6. The third-order valence-corrected chi connectivity index (χ3v) is 7.68. The highest BCUT2D eigenvalue weighted by molar-refractivity contribution is 7.92. The molecular weight excluding hydrogens is 550 g/mol. The van der Waals surface area contributed by atoms with Gasteiger partial charge in [0.15, 0.2) is 5.75 Å². The Labute approximate surface area is 239 Å². The Bertz CT molecular complexity index is 1660. The lowest BCUT2D eigenvalue weighted by Crippen LogP contribution is -2.19. The van der Waals surface area contributed by atoms with Gasteiger partial charge >= 0.3 is 5.69 Å². The number of ether oxygens (including phenoxy) is 5. The highest BCUT2D eigenvalue weighted by atomic mass is 32.2. The number of anilines is 1. The molecule has 0 spiro atoms. The van der Waals surface area contributed by atoms with Crippen molar-refractivity contribution in [3.05, 3.63) is 65.1 Å². The number of sulfonamides is 1. The Morgan fingerprint density at radius 1 is 0.780 bits per heavy atom. The molecule has 1 heterocycles. The van der Waals surface area contributed by atoms with Crippen LogP contribution in [0.3, 0.4) is 0 Å². The summed E-state index contributed by atoms with van der Waals surface area (Å²) in [6, 6.07) is 14.4. The third kappa shape index (κ3) is 6.95. The van der Waals surface area contributed by atoms with Gasteiger partial charge in [-0.1, -0.05) is 6.92 Å². The molecule has 1 aromatic heterocycles. The summed E-state index contributed by atoms with van der Waals surface area (Å²) >= 11 is 0. The Morgan fingerprint density at radius 2 is 1.39 bits per heavy atom. The molecule has 4 aromatic rings.